The highest BCUT2D eigenvalue weighted by molar-refractivity contribution is 7.99. The molecule has 0 radical (unpaired) electrons. The van der Waals surface area contributed by atoms with E-state index in [0.29, 0.717) is 24.1 Å². The van der Waals surface area contributed by atoms with Crippen LogP contribution in [0.5, 0.6) is 0 Å². The van der Waals surface area contributed by atoms with E-state index in [9.17, 15) is 4.79 Å². The third-order valence-corrected chi connectivity index (χ3v) is 5.00. The van der Waals surface area contributed by atoms with Gasteiger partial charge in [0, 0.05) is 7.05 Å². The van der Waals surface area contributed by atoms with Crippen molar-refractivity contribution in [1.82, 2.24) is 25.1 Å². The molecule has 1 aliphatic rings. The highest BCUT2D eigenvalue weighted by atomic mass is 32.2. The molecule has 0 aromatic carbocycles. The highest BCUT2D eigenvalue weighted by Crippen LogP contribution is 2.29. The van der Waals surface area contributed by atoms with Gasteiger partial charge in [0.15, 0.2) is 5.82 Å². The largest absolute Gasteiger partial charge is 0.467 e. The fourth-order valence-electron chi connectivity index (χ4n) is 2.80. The lowest BCUT2D eigenvalue weighted by molar-refractivity contribution is -0.127. The summed E-state index contributed by atoms with van der Waals surface area (Å²) in [5.41, 5.74) is 0. The van der Waals surface area contributed by atoms with Crippen molar-refractivity contribution < 1.29 is 9.21 Å². The average Bonchev–Trinajstić information content (AvgIpc) is 3.29. The third-order valence-electron chi connectivity index (χ3n) is 4.09. The number of hydrogen-bond donors (Lipinski definition) is 0. The van der Waals surface area contributed by atoms with Crippen LogP contribution in [0.15, 0.2) is 22.8 Å². The van der Waals surface area contributed by atoms with E-state index in [1.165, 1.54) is 12.8 Å². The summed E-state index contributed by atoms with van der Waals surface area (Å²) in [6.07, 6.45) is 6.40. The number of tetrazole rings is 1. The van der Waals surface area contributed by atoms with Crippen LogP contribution in [0.2, 0.25) is 0 Å². The lowest BCUT2D eigenvalue weighted by Crippen LogP contribution is -2.27. The molecule has 0 bridgehead atoms. The maximum atomic E-state index is 12.1. The van der Waals surface area contributed by atoms with Gasteiger partial charge in [-0.1, -0.05) is 12.8 Å². The van der Waals surface area contributed by atoms with Crippen LogP contribution >= 0.6 is 11.8 Å². The minimum absolute atomic E-state index is 0.0753. The summed E-state index contributed by atoms with van der Waals surface area (Å²) in [6, 6.07) is 4.12. The smallest absolute Gasteiger partial charge is 0.232 e. The fraction of sp³-hybridized carbons (Fsp3) is 0.600. The van der Waals surface area contributed by atoms with Crippen LogP contribution in [0, 0.1) is 0 Å². The summed E-state index contributed by atoms with van der Waals surface area (Å²) >= 11 is 1.55. The van der Waals surface area contributed by atoms with Gasteiger partial charge in [-0.05, 0) is 35.4 Å². The fourth-order valence-corrected chi connectivity index (χ4v) is 3.67. The molecular weight excluding hydrogens is 314 g/mol. The molecule has 0 saturated heterocycles. The first-order valence-corrected chi connectivity index (χ1v) is 9.00. The van der Waals surface area contributed by atoms with Crippen molar-refractivity contribution in [2.24, 2.45) is 0 Å². The first-order valence-electron chi connectivity index (χ1n) is 7.85. The van der Waals surface area contributed by atoms with Crippen molar-refractivity contribution in [3.8, 4) is 0 Å². The van der Waals surface area contributed by atoms with Crippen LogP contribution in [0.4, 0.5) is 0 Å². The highest BCUT2D eigenvalue weighted by Gasteiger charge is 2.21. The van der Waals surface area contributed by atoms with E-state index in [0.717, 1.165) is 24.4 Å². The number of rotatable bonds is 7. The lowest BCUT2D eigenvalue weighted by Gasteiger charge is -2.15. The van der Waals surface area contributed by atoms with Gasteiger partial charge in [-0.2, -0.15) is 0 Å². The van der Waals surface area contributed by atoms with E-state index >= 15 is 0 Å². The summed E-state index contributed by atoms with van der Waals surface area (Å²) in [5.74, 6) is 2.80. The molecule has 1 aliphatic carbocycles. The molecule has 2 heterocycles. The molecule has 0 N–H and O–H groups in total. The molecule has 0 atom stereocenters. The molecule has 0 unspecified atom stereocenters. The minimum atomic E-state index is 0.0753. The Morgan fingerprint density at radius 3 is 3.04 bits per heavy atom. The first-order chi connectivity index (χ1) is 11.2. The molecule has 2 aromatic rings. The second-order valence-electron chi connectivity index (χ2n) is 5.80. The second kappa shape index (κ2) is 7.63. The van der Waals surface area contributed by atoms with E-state index in [2.05, 4.69) is 15.5 Å². The van der Waals surface area contributed by atoms with Crippen LogP contribution in [0.1, 0.15) is 43.3 Å². The Balaban J connectivity index is 1.46. The van der Waals surface area contributed by atoms with Crippen molar-refractivity contribution in [2.45, 2.75) is 44.0 Å². The summed E-state index contributed by atoms with van der Waals surface area (Å²) in [5, 5.41) is 12.0. The Morgan fingerprint density at radius 1 is 1.48 bits per heavy atom. The lowest BCUT2D eigenvalue weighted by atomic mass is 10.2. The van der Waals surface area contributed by atoms with Crippen molar-refractivity contribution in [2.75, 3.05) is 12.8 Å². The van der Waals surface area contributed by atoms with Gasteiger partial charge in [0.1, 0.15) is 5.76 Å². The summed E-state index contributed by atoms with van der Waals surface area (Å²) in [7, 11) is 1.79. The molecule has 1 fully saturated rings. The van der Waals surface area contributed by atoms with Gasteiger partial charge in [-0.3, -0.25) is 4.79 Å². The van der Waals surface area contributed by atoms with E-state index in [1.807, 2.05) is 16.8 Å². The molecule has 2 aromatic heterocycles. The van der Waals surface area contributed by atoms with E-state index in [4.69, 9.17) is 4.42 Å². The van der Waals surface area contributed by atoms with Gasteiger partial charge in [-0.25, -0.2) is 4.68 Å². The molecule has 124 valence electrons. The minimum Gasteiger partial charge on any atom is -0.467 e. The zero-order valence-corrected chi connectivity index (χ0v) is 14.0. The van der Waals surface area contributed by atoms with E-state index in [1.54, 1.807) is 30.0 Å². The van der Waals surface area contributed by atoms with Crippen LogP contribution in [0.3, 0.4) is 0 Å². The summed E-state index contributed by atoms with van der Waals surface area (Å²) in [4.78, 5) is 13.8. The normalized spacial score (nSPS) is 15.2. The van der Waals surface area contributed by atoms with Crippen molar-refractivity contribution in [3.05, 3.63) is 30.0 Å². The SMILES string of the molecule is CN(Cc1ccco1)C(=O)CSCc1nnnn1C1CCCC1. The van der Waals surface area contributed by atoms with E-state index in [-0.39, 0.29) is 5.91 Å². The number of amides is 1. The van der Waals surface area contributed by atoms with Gasteiger partial charge < -0.3 is 9.32 Å². The predicted octanol–water partition coefficient (Wildman–Crippen LogP) is 2.27. The van der Waals surface area contributed by atoms with Gasteiger partial charge in [0.2, 0.25) is 5.91 Å². The molecule has 0 spiro atoms. The number of carbonyl (C=O) groups excluding carboxylic acids is 1. The Bertz CT molecular complexity index is 622. The summed E-state index contributed by atoms with van der Waals surface area (Å²) in [6.45, 7) is 0.492. The van der Waals surface area contributed by atoms with Crippen LogP contribution in [-0.2, 0) is 17.1 Å². The quantitative estimate of drug-likeness (QED) is 0.772. The molecule has 7 nitrogen and oxygen atoms in total. The Hall–Kier alpha value is -1.83. The molecule has 1 saturated carbocycles. The van der Waals surface area contributed by atoms with Crippen molar-refractivity contribution in [3.63, 3.8) is 0 Å². The standard InChI is InChI=1S/C15H21N5O2S/c1-19(9-13-7-4-8-22-13)15(21)11-23-10-14-16-17-18-20(14)12-5-2-3-6-12/h4,7-8,12H,2-3,5-6,9-11H2,1H3. The van der Waals surface area contributed by atoms with Gasteiger partial charge in [0.05, 0.1) is 30.4 Å². The molecular formula is C15H21N5O2S. The van der Waals surface area contributed by atoms with Gasteiger partial charge >= 0.3 is 0 Å². The summed E-state index contributed by atoms with van der Waals surface area (Å²) < 4.78 is 7.20. The monoisotopic (exact) mass is 335 g/mol. The Kier molecular flexibility index (Phi) is 5.32. The Labute approximate surface area is 139 Å². The molecule has 23 heavy (non-hydrogen) atoms. The number of furan rings is 1. The topological polar surface area (TPSA) is 77.1 Å². The van der Waals surface area contributed by atoms with Crippen LogP contribution in [-0.4, -0.2) is 43.8 Å². The maximum absolute atomic E-state index is 12.1. The van der Waals surface area contributed by atoms with Crippen LogP contribution in [0.25, 0.3) is 0 Å². The first kappa shape index (κ1) is 16.0. The van der Waals surface area contributed by atoms with Crippen molar-refractivity contribution >= 4 is 17.7 Å². The molecule has 0 aliphatic heterocycles. The van der Waals surface area contributed by atoms with Crippen LogP contribution < -0.4 is 0 Å². The van der Waals surface area contributed by atoms with E-state index < -0.39 is 0 Å². The second-order valence-corrected chi connectivity index (χ2v) is 6.79. The number of carbonyl (C=O) groups is 1. The molecule has 8 heteroatoms. The predicted molar refractivity (Wildman–Crippen MR) is 86.7 cm³/mol. The van der Waals surface area contributed by atoms with Gasteiger partial charge in [-0.15, -0.1) is 16.9 Å². The maximum Gasteiger partial charge on any atom is 0.232 e. The molecule has 1 amide bonds. The zero-order chi connectivity index (χ0) is 16.1. The zero-order valence-electron chi connectivity index (χ0n) is 13.2. The number of aromatic nitrogens is 4. The number of thioether (sulfide) groups is 1. The molecule has 3 rings (SSSR count). The van der Waals surface area contributed by atoms with Crippen molar-refractivity contribution in [1.29, 1.82) is 0 Å². The number of hydrogen-bond acceptors (Lipinski definition) is 6. The number of nitrogens with zero attached hydrogens (tertiary/aromatic N) is 5. The Morgan fingerprint density at radius 2 is 2.30 bits per heavy atom. The van der Waals surface area contributed by atoms with Gasteiger partial charge in [0.25, 0.3) is 0 Å². The third kappa shape index (κ3) is 4.13. The average molecular weight is 335 g/mol.